The summed E-state index contributed by atoms with van der Waals surface area (Å²) in [5, 5.41) is 0. The van der Waals surface area contributed by atoms with Crippen molar-refractivity contribution in [3.8, 4) is 0 Å². The highest BCUT2D eigenvalue weighted by Crippen LogP contribution is 2.23. The predicted molar refractivity (Wildman–Crippen MR) is 51.4 cm³/mol. The van der Waals surface area contributed by atoms with Gasteiger partial charge in [-0.1, -0.05) is 0 Å². The minimum Gasteiger partial charge on any atom is -0.501 e. The first-order chi connectivity index (χ1) is 6.45. The third kappa shape index (κ3) is 2.73. The molecular weight excluding hydrogens is 164 g/mol. The van der Waals surface area contributed by atoms with Gasteiger partial charge in [-0.15, -0.1) is 0 Å². The van der Waals surface area contributed by atoms with Crippen LogP contribution in [0.1, 0.15) is 32.1 Å². The van der Waals surface area contributed by atoms with Crippen LogP contribution in [-0.2, 0) is 9.47 Å². The highest BCUT2D eigenvalue weighted by Gasteiger charge is 2.15. The summed E-state index contributed by atoms with van der Waals surface area (Å²) in [6.07, 6.45) is 8.36. The van der Waals surface area contributed by atoms with Crippen molar-refractivity contribution in [3.63, 3.8) is 0 Å². The van der Waals surface area contributed by atoms with Crippen molar-refractivity contribution < 1.29 is 9.47 Å². The van der Waals surface area contributed by atoms with E-state index >= 15 is 0 Å². The van der Waals surface area contributed by atoms with Gasteiger partial charge in [0.2, 0.25) is 0 Å². The summed E-state index contributed by atoms with van der Waals surface area (Å²) in [6, 6.07) is 0. The summed E-state index contributed by atoms with van der Waals surface area (Å²) in [7, 11) is 0. The van der Waals surface area contributed by atoms with Gasteiger partial charge in [0.15, 0.2) is 0 Å². The van der Waals surface area contributed by atoms with Crippen LogP contribution in [0, 0.1) is 5.92 Å². The zero-order chi connectivity index (χ0) is 8.93. The smallest absolute Gasteiger partial charge is 0.0924 e. The molecular formula is C11H18O2. The van der Waals surface area contributed by atoms with E-state index in [0.29, 0.717) is 5.92 Å². The van der Waals surface area contributed by atoms with Gasteiger partial charge in [-0.05, 0) is 37.7 Å². The van der Waals surface area contributed by atoms with Crippen molar-refractivity contribution in [1.29, 1.82) is 0 Å². The van der Waals surface area contributed by atoms with Crippen molar-refractivity contribution in [1.82, 2.24) is 0 Å². The number of hydrogen-bond acceptors (Lipinski definition) is 2. The molecule has 2 aliphatic rings. The van der Waals surface area contributed by atoms with Gasteiger partial charge < -0.3 is 9.47 Å². The van der Waals surface area contributed by atoms with Crippen LogP contribution < -0.4 is 0 Å². The first-order valence-electron chi connectivity index (χ1n) is 5.32. The molecule has 0 aromatic rings. The second kappa shape index (κ2) is 4.66. The van der Waals surface area contributed by atoms with Crippen molar-refractivity contribution in [3.05, 3.63) is 11.8 Å². The summed E-state index contributed by atoms with van der Waals surface area (Å²) < 4.78 is 10.8. The zero-order valence-electron chi connectivity index (χ0n) is 8.13. The molecule has 13 heavy (non-hydrogen) atoms. The van der Waals surface area contributed by atoms with E-state index in [0.717, 1.165) is 19.8 Å². The second-order valence-corrected chi connectivity index (χ2v) is 4.05. The molecule has 2 nitrogen and oxygen atoms in total. The van der Waals surface area contributed by atoms with Crippen LogP contribution in [0.5, 0.6) is 0 Å². The second-order valence-electron chi connectivity index (χ2n) is 4.05. The standard InChI is InChI=1S/C11H18O2/c1-2-4-10(3-1)7-13-9-11-5-6-12-8-11/h7,11H,1-6,8-9H2. The van der Waals surface area contributed by atoms with Crippen molar-refractivity contribution in [2.75, 3.05) is 19.8 Å². The molecule has 0 radical (unpaired) electrons. The Morgan fingerprint density at radius 1 is 1.38 bits per heavy atom. The first kappa shape index (κ1) is 9.07. The van der Waals surface area contributed by atoms with Gasteiger partial charge in [0.05, 0.1) is 19.5 Å². The molecule has 1 unspecified atom stereocenters. The molecule has 0 aromatic heterocycles. The van der Waals surface area contributed by atoms with E-state index in [2.05, 4.69) is 0 Å². The predicted octanol–water partition coefficient (Wildman–Crippen LogP) is 2.50. The molecule has 2 heteroatoms. The highest BCUT2D eigenvalue weighted by molar-refractivity contribution is 5.02. The summed E-state index contributed by atoms with van der Waals surface area (Å²) in [5.41, 5.74) is 1.50. The molecule has 0 spiro atoms. The van der Waals surface area contributed by atoms with Crippen molar-refractivity contribution >= 4 is 0 Å². The Morgan fingerprint density at radius 3 is 2.92 bits per heavy atom. The molecule has 0 amide bonds. The Bertz CT molecular complexity index is 173. The number of rotatable bonds is 3. The number of hydrogen-bond donors (Lipinski definition) is 0. The van der Waals surface area contributed by atoms with Crippen molar-refractivity contribution in [2.24, 2.45) is 5.92 Å². The van der Waals surface area contributed by atoms with Crippen LogP contribution in [0.4, 0.5) is 0 Å². The summed E-state index contributed by atoms with van der Waals surface area (Å²) in [5.74, 6) is 0.637. The van der Waals surface area contributed by atoms with Gasteiger partial charge in [-0.25, -0.2) is 0 Å². The lowest BCUT2D eigenvalue weighted by molar-refractivity contribution is 0.149. The Labute approximate surface area is 79.9 Å². The van der Waals surface area contributed by atoms with E-state index < -0.39 is 0 Å². The van der Waals surface area contributed by atoms with Crippen LogP contribution >= 0.6 is 0 Å². The maximum Gasteiger partial charge on any atom is 0.0924 e. The van der Waals surface area contributed by atoms with Gasteiger partial charge in [-0.2, -0.15) is 0 Å². The summed E-state index contributed by atoms with van der Waals surface area (Å²) >= 11 is 0. The average molecular weight is 182 g/mol. The molecule has 0 aromatic carbocycles. The fourth-order valence-electron chi connectivity index (χ4n) is 1.96. The van der Waals surface area contributed by atoms with E-state index in [1.807, 2.05) is 6.26 Å². The molecule has 1 saturated heterocycles. The molecule has 0 bridgehead atoms. The molecule has 1 heterocycles. The largest absolute Gasteiger partial charge is 0.501 e. The average Bonchev–Trinajstić information content (AvgIpc) is 2.75. The van der Waals surface area contributed by atoms with Gasteiger partial charge in [-0.3, -0.25) is 0 Å². The summed E-state index contributed by atoms with van der Waals surface area (Å²) in [6.45, 7) is 2.66. The minimum atomic E-state index is 0.637. The monoisotopic (exact) mass is 182 g/mol. The Morgan fingerprint density at radius 2 is 2.23 bits per heavy atom. The minimum absolute atomic E-state index is 0.637. The van der Waals surface area contributed by atoms with Gasteiger partial charge >= 0.3 is 0 Å². The molecule has 1 atom stereocenters. The Balaban J connectivity index is 1.64. The highest BCUT2D eigenvalue weighted by atomic mass is 16.5. The molecule has 1 aliphatic heterocycles. The molecule has 1 aliphatic carbocycles. The van der Waals surface area contributed by atoms with Crippen LogP contribution in [-0.4, -0.2) is 19.8 Å². The quantitative estimate of drug-likeness (QED) is 0.624. The Hall–Kier alpha value is -0.500. The zero-order valence-corrected chi connectivity index (χ0v) is 8.13. The number of allylic oxidation sites excluding steroid dienone is 1. The van der Waals surface area contributed by atoms with Gasteiger partial charge in [0.1, 0.15) is 0 Å². The molecule has 0 N–H and O–H groups in total. The van der Waals surface area contributed by atoms with E-state index in [1.54, 1.807) is 0 Å². The number of ether oxygens (including phenoxy) is 2. The van der Waals surface area contributed by atoms with E-state index in [9.17, 15) is 0 Å². The van der Waals surface area contributed by atoms with Crippen LogP contribution in [0.15, 0.2) is 11.8 Å². The topological polar surface area (TPSA) is 18.5 Å². The van der Waals surface area contributed by atoms with Crippen LogP contribution in [0.2, 0.25) is 0 Å². The van der Waals surface area contributed by atoms with Gasteiger partial charge in [0.25, 0.3) is 0 Å². The summed E-state index contributed by atoms with van der Waals surface area (Å²) in [4.78, 5) is 0. The molecule has 2 rings (SSSR count). The molecule has 74 valence electrons. The van der Waals surface area contributed by atoms with Crippen LogP contribution in [0.3, 0.4) is 0 Å². The van der Waals surface area contributed by atoms with E-state index in [1.165, 1.54) is 37.7 Å². The maximum absolute atomic E-state index is 5.56. The van der Waals surface area contributed by atoms with E-state index in [-0.39, 0.29) is 0 Å². The fraction of sp³-hybridized carbons (Fsp3) is 0.818. The third-order valence-corrected chi connectivity index (χ3v) is 2.85. The van der Waals surface area contributed by atoms with Crippen LogP contribution in [0.25, 0.3) is 0 Å². The lowest BCUT2D eigenvalue weighted by Crippen LogP contribution is -2.06. The normalized spacial score (nSPS) is 28.0. The van der Waals surface area contributed by atoms with E-state index in [4.69, 9.17) is 9.47 Å². The Kier molecular flexibility index (Phi) is 3.25. The maximum atomic E-state index is 5.56. The fourth-order valence-corrected chi connectivity index (χ4v) is 1.96. The third-order valence-electron chi connectivity index (χ3n) is 2.85. The lowest BCUT2D eigenvalue weighted by atomic mass is 10.1. The first-order valence-corrected chi connectivity index (χ1v) is 5.32. The van der Waals surface area contributed by atoms with Crippen molar-refractivity contribution in [2.45, 2.75) is 32.1 Å². The van der Waals surface area contributed by atoms with Gasteiger partial charge in [0, 0.05) is 12.5 Å². The molecule has 1 saturated carbocycles. The SMILES string of the molecule is C(OCC1CCOC1)=C1CCCC1. The molecule has 2 fully saturated rings. The lowest BCUT2D eigenvalue weighted by Gasteiger charge is -2.06.